The van der Waals surface area contributed by atoms with Crippen LogP contribution in [0.15, 0.2) is 36.5 Å². The first kappa shape index (κ1) is 14.3. The Hall–Kier alpha value is -2.16. The minimum atomic E-state index is 0.0299. The lowest BCUT2D eigenvalue weighted by atomic mass is 10.0. The zero-order valence-electron chi connectivity index (χ0n) is 12.1. The van der Waals surface area contributed by atoms with Gasteiger partial charge in [0.15, 0.2) is 5.78 Å². The van der Waals surface area contributed by atoms with E-state index in [1.807, 2.05) is 43.5 Å². The Morgan fingerprint density at radius 1 is 1.25 bits per heavy atom. The Bertz CT molecular complexity index is 603. The zero-order chi connectivity index (χ0) is 14.5. The molecule has 0 fully saturated rings. The Labute approximate surface area is 119 Å². The van der Waals surface area contributed by atoms with Gasteiger partial charge in [0.25, 0.3) is 0 Å². The molecule has 1 aromatic carbocycles. The Balaban J connectivity index is 2.20. The molecule has 0 atom stereocenters. The number of ether oxygens (including phenoxy) is 1. The van der Waals surface area contributed by atoms with E-state index in [2.05, 4.69) is 11.9 Å². The summed E-state index contributed by atoms with van der Waals surface area (Å²) in [5.41, 5.74) is 3.63. The molecule has 0 aliphatic heterocycles. The highest BCUT2D eigenvalue weighted by Crippen LogP contribution is 2.21. The SMILES string of the molecule is CCc1ccc(CC(=O)c2cc(C)ccc2OC)nc1. The molecule has 2 rings (SSSR count). The summed E-state index contributed by atoms with van der Waals surface area (Å²) in [7, 11) is 1.58. The molecule has 1 aromatic heterocycles. The quantitative estimate of drug-likeness (QED) is 0.781. The van der Waals surface area contributed by atoms with Gasteiger partial charge in [-0.1, -0.05) is 24.6 Å². The third-order valence-corrected chi connectivity index (χ3v) is 3.29. The minimum absolute atomic E-state index is 0.0299. The smallest absolute Gasteiger partial charge is 0.172 e. The number of benzene rings is 1. The van der Waals surface area contributed by atoms with E-state index in [1.54, 1.807) is 7.11 Å². The average molecular weight is 269 g/mol. The van der Waals surface area contributed by atoms with Gasteiger partial charge < -0.3 is 4.74 Å². The lowest BCUT2D eigenvalue weighted by Gasteiger charge is -2.08. The summed E-state index contributed by atoms with van der Waals surface area (Å²) in [5.74, 6) is 0.646. The van der Waals surface area contributed by atoms with E-state index in [9.17, 15) is 4.79 Å². The molecule has 0 bridgehead atoms. The normalized spacial score (nSPS) is 10.3. The van der Waals surface area contributed by atoms with Crippen LogP contribution < -0.4 is 4.74 Å². The molecule has 0 aliphatic rings. The summed E-state index contributed by atoms with van der Waals surface area (Å²) in [4.78, 5) is 16.7. The highest BCUT2D eigenvalue weighted by atomic mass is 16.5. The van der Waals surface area contributed by atoms with Crippen LogP contribution in [0, 0.1) is 6.92 Å². The maximum atomic E-state index is 12.4. The van der Waals surface area contributed by atoms with Crippen LogP contribution in [0.4, 0.5) is 0 Å². The summed E-state index contributed by atoms with van der Waals surface area (Å²) in [6.45, 7) is 4.05. The van der Waals surface area contributed by atoms with Crippen molar-refractivity contribution in [3.8, 4) is 5.75 Å². The number of methoxy groups -OCH3 is 1. The summed E-state index contributed by atoms with van der Waals surface area (Å²) >= 11 is 0. The number of nitrogens with zero attached hydrogens (tertiary/aromatic N) is 1. The number of carbonyl (C=O) groups excluding carboxylic acids is 1. The first-order valence-electron chi connectivity index (χ1n) is 6.75. The Morgan fingerprint density at radius 3 is 2.65 bits per heavy atom. The van der Waals surface area contributed by atoms with E-state index < -0.39 is 0 Å². The van der Waals surface area contributed by atoms with Gasteiger partial charge in [0, 0.05) is 11.9 Å². The van der Waals surface area contributed by atoms with E-state index in [0.29, 0.717) is 17.7 Å². The van der Waals surface area contributed by atoms with Crippen molar-refractivity contribution >= 4 is 5.78 Å². The lowest BCUT2D eigenvalue weighted by Crippen LogP contribution is -2.07. The van der Waals surface area contributed by atoms with Crippen LogP contribution in [0.1, 0.15) is 34.1 Å². The van der Waals surface area contributed by atoms with Crippen LogP contribution in [-0.2, 0) is 12.8 Å². The molecule has 0 saturated carbocycles. The van der Waals surface area contributed by atoms with E-state index in [0.717, 1.165) is 17.7 Å². The van der Waals surface area contributed by atoms with Gasteiger partial charge in [0.05, 0.1) is 19.1 Å². The van der Waals surface area contributed by atoms with Crippen molar-refractivity contribution in [3.63, 3.8) is 0 Å². The van der Waals surface area contributed by atoms with Gasteiger partial charge in [-0.25, -0.2) is 0 Å². The second kappa shape index (κ2) is 6.33. The van der Waals surface area contributed by atoms with Crippen LogP contribution in [-0.4, -0.2) is 17.9 Å². The molecule has 2 aromatic rings. The number of aryl methyl sites for hydroxylation is 2. The number of hydrogen-bond donors (Lipinski definition) is 0. The van der Waals surface area contributed by atoms with Gasteiger partial charge in [-0.05, 0) is 37.1 Å². The molecule has 0 N–H and O–H groups in total. The molecule has 0 spiro atoms. The topological polar surface area (TPSA) is 39.2 Å². The van der Waals surface area contributed by atoms with Crippen LogP contribution in [0.5, 0.6) is 5.75 Å². The third kappa shape index (κ3) is 3.23. The fourth-order valence-electron chi connectivity index (χ4n) is 2.07. The molecule has 0 radical (unpaired) electrons. The first-order chi connectivity index (χ1) is 9.63. The minimum Gasteiger partial charge on any atom is -0.496 e. The van der Waals surface area contributed by atoms with Gasteiger partial charge >= 0.3 is 0 Å². The number of hydrogen-bond acceptors (Lipinski definition) is 3. The first-order valence-corrected chi connectivity index (χ1v) is 6.75. The van der Waals surface area contributed by atoms with E-state index in [4.69, 9.17) is 4.74 Å². The van der Waals surface area contributed by atoms with E-state index in [1.165, 1.54) is 5.56 Å². The maximum absolute atomic E-state index is 12.4. The van der Waals surface area contributed by atoms with Gasteiger partial charge in [0.2, 0.25) is 0 Å². The van der Waals surface area contributed by atoms with Crippen molar-refractivity contribution in [2.45, 2.75) is 26.7 Å². The maximum Gasteiger partial charge on any atom is 0.172 e. The van der Waals surface area contributed by atoms with Crippen molar-refractivity contribution in [2.75, 3.05) is 7.11 Å². The second-order valence-corrected chi connectivity index (χ2v) is 4.82. The van der Waals surface area contributed by atoms with Crippen molar-refractivity contribution in [1.29, 1.82) is 0 Å². The van der Waals surface area contributed by atoms with Crippen LogP contribution in [0.25, 0.3) is 0 Å². The van der Waals surface area contributed by atoms with Crippen LogP contribution >= 0.6 is 0 Å². The van der Waals surface area contributed by atoms with Gasteiger partial charge in [0.1, 0.15) is 5.75 Å². The highest BCUT2D eigenvalue weighted by molar-refractivity contribution is 6.00. The number of pyridine rings is 1. The molecule has 0 aliphatic carbocycles. The molecular weight excluding hydrogens is 250 g/mol. The summed E-state index contributed by atoms with van der Waals surface area (Å²) < 4.78 is 5.25. The lowest BCUT2D eigenvalue weighted by molar-refractivity contribution is 0.0989. The van der Waals surface area contributed by atoms with Crippen LogP contribution in [0.2, 0.25) is 0 Å². The molecule has 1 heterocycles. The van der Waals surface area contributed by atoms with Crippen molar-refractivity contribution in [3.05, 3.63) is 58.9 Å². The standard InChI is InChI=1S/C17H19NO2/c1-4-13-6-7-14(18-11-13)10-16(19)15-9-12(2)5-8-17(15)20-3/h5-9,11H,4,10H2,1-3H3. The molecule has 0 amide bonds. The molecule has 0 unspecified atom stereocenters. The predicted molar refractivity (Wildman–Crippen MR) is 79.4 cm³/mol. The number of ketones is 1. The third-order valence-electron chi connectivity index (χ3n) is 3.29. The van der Waals surface area contributed by atoms with Crippen molar-refractivity contribution in [2.24, 2.45) is 0 Å². The van der Waals surface area contributed by atoms with Crippen molar-refractivity contribution in [1.82, 2.24) is 4.98 Å². The van der Waals surface area contributed by atoms with Crippen LogP contribution in [0.3, 0.4) is 0 Å². The highest BCUT2D eigenvalue weighted by Gasteiger charge is 2.13. The summed E-state index contributed by atoms with van der Waals surface area (Å²) in [6.07, 6.45) is 3.08. The van der Waals surface area contributed by atoms with Gasteiger partial charge in [-0.3, -0.25) is 9.78 Å². The Kier molecular flexibility index (Phi) is 4.51. The van der Waals surface area contributed by atoms with Crippen molar-refractivity contribution < 1.29 is 9.53 Å². The number of rotatable bonds is 5. The predicted octanol–water partition coefficient (Wildman–Crippen LogP) is 3.39. The second-order valence-electron chi connectivity index (χ2n) is 4.82. The number of carbonyl (C=O) groups is 1. The summed E-state index contributed by atoms with van der Waals surface area (Å²) in [5, 5.41) is 0. The fourth-order valence-corrected chi connectivity index (χ4v) is 2.07. The Morgan fingerprint density at radius 2 is 2.05 bits per heavy atom. The van der Waals surface area contributed by atoms with E-state index in [-0.39, 0.29) is 5.78 Å². The molecule has 104 valence electrons. The molecular formula is C17H19NO2. The average Bonchev–Trinajstić information content (AvgIpc) is 2.48. The number of Topliss-reactive ketones (excluding diaryl/α,β-unsaturated/α-hetero) is 1. The summed E-state index contributed by atoms with van der Waals surface area (Å²) in [6, 6.07) is 9.56. The molecule has 3 nitrogen and oxygen atoms in total. The molecule has 0 saturated heterocycles. The monoisotopic (exact) mass is 269 g/mol. The largest absolute Gasteiger partial charge is 0.496 e. The van der Waals surface area contributed by atoms with Gasteiger partial charge in [-0.15, -0.1) is 0 Å². The molecule has 3 heteroatoms. The number of aromatic nitrogens is 1. The van der Waals surface area contributed by atoms with Gasteiger partial charge in [-0.2, -0.15) is 0 Å². The fraction of sp³-hybridized carbons (Fsp3) is 0.294. The van der Waals surface area contributed by atoms with E-state index >= 15 is 0 Å². The molecule has 20 heavy (non-hydrogen) atoms. The zero-order valence-corrected chi connectivity index (χ0v) is 12.1.